The van der Waals surface area contributed by atoms with Gasteiger partial charge in [0.05, 0.1) is 0 Å². The molecule has 1 saturated heterocycles. The Balaban J connectivity index is 0.000000442. The van der Waals surface area contributed by atoms with Crippen molar-refractivity contribution < 1.29 is 0 Å². The lowest BCUT2D eigenvalue weighted by molar-refractivity contribution is 0.200. The molecule has 0 atom stereocenters. The average molecular weight is 214 g/mol. The van der Waals surface area contributed by atoms with Crippen LogP contribution in [0.25, 0.3) is 0 Å². The molecule has 0 radical (unpaired) electrons. The van der Waals surface area contributed by atoms with Crippen LogP contribution in [0, 0.1) is 5.41 Å². The van der Waals surface area contributed by atoms with E-state index >= 15 is 0 Å². The molecule has 0 aromatic rings. The minimum absolute atomic E-state index is 0.501. The summed E-state index contributed by atoms with van der Waals surface area (Å²) in [4.78, 5) is 0. The van der Waals surface area contributed by atoms with Crippen molar-refractivity contribution in [3.05, 3.63) is 0 Å². The molecular formula is C13H30N2. The molecule has 1 saturated carbocycles. The Morgan fingerprint density at radius 1 is 1.00 bits per heavy atom. The zero-order valence-electron chi connectivity index (χ0n) is 11.1. The maximum Gasteiger partial charge on any atom is 0.00392 e. The van der Waals surface area contributed by atoms with E-state index in [1.165, 1.54) is 45.2 Å². The Bertz CT molecular complexity index is 129. The topological polar surface area (TPSA) is 38.0 Å². The third kappa shape index (κ3) is 4.52. The molecule has 0 bridgehead atoms. The summed E-state index contributed by atoms with van der Waals surface area (Å²) in [5.74, 6) is 0. The molecule has 2 nitrogen and oxygen atoms in total. The van der Waals surface area contributed by atoms with Gasteiger partial charge in [-0.3, -0.25) is 0 Å². The van der Waals surface area contributed by atoms with E-state index in [2.05, 4.69) is 5.32 Å². The van der Waals surface area contributed by atoms with Gasteiger partial charge in [-0.2, -0.15) is 0 Å². The first kappa shape index (κ1) is 14.9. The molecule has 92 valence electrons. The molecule has 1 aliphatic carbocycles. The quantitative estimate of drug-likeness (QED) is 0.650. The number of rotatable bonds is 0. The van der Waals surface area contributed by atoms with Crippen LogP contribution in [0.1, 0.15) is 59.8 Å². The number of nitrogens with two attached hydrogens (primary N) is 1. The second-order valence-electron chi connectivity index (χ2n) is 4.26. The third-order valence-corrected chi connectivity index (χ3v) is 3.42. The highest BCUT2D eigenvalue weighted by Crippen LogP contribution is 2.40. The summed E-state index contributed by atoms with van der Waals surface area (Å²) in [5.41, 5.74) is 6.53. The van der Waals surface area contributed by atoms with Gasteiger partial charge in [0.25, 0.3) is 0 Å². The van der Waals surface area contributed by atoms with Crippen molar-refractivity contribution in [1.29, 1.82) is 0 Å². The summed E-state index contributed by atoms with van der Waals surface area (Å²) in [5, 5.41) is 3.46. The van der Waals surface area contributed by atoms with Gasteiger partial charge in [0.1, 0.15) is 0 Å². The van der Waals surface area contributed by atoms with Crippen LogP contribution >= 0.6 is 0 Å². The standard InChI is InChI=1S/C9H18N2.2C2H6/c10-8-1-3-9(4-2-8)5-6-11-7-9;2*1-2/h8,11H,1-7,10H2;2*1-2H3. The van der Waals surface area contributed by atoms with E-state index < -0.39 is 0 Å². The Labute approximate surface area is 96.0 Å². The Morgan fingerprint density at radius 2 is 1.53 bits per heavy atom. The minimum Gasteiger partial charge on any atom is -0.328 e. The summed E-state index contributed by atoms with van der Waals surface area (Å²) in [6.45, 7) is 10.5. The predicted molar refractivity (Wildman–Crippen MR) is 69.1 cm³/mol. The molecule has 0 aromatic heterocycles. The largest absolute Gasteiger partial charge is 0.328 e. The van der Waals surface area contributed by atoms with E-state index in [4.69, 9.17) is 5.73 Å². The predicted octanol–water partition coefficient (Wildman–Crippen LogP) is 2.92. The van der Waals surface area contributed by atoms with Crippen molar-refractivity contribution in [2.45, 2.75) is 65.8 Å². The van der Waals surface area contributed by atoms with Gasteiger partial charge in [0, 0.05) is 12.6 Å². The molecule has 1 heterocycles. The number of hydrogen-bond donors (Lipinski definition) is 2. The minimum atomic E-state index is 0.501. The van der Waals surface area contributed by atoms with Gasteiger partial charge in [-0.25, -0.2) is 0 Å². The maximum absolute atomic E-state index is 5.87. The van der Waals surface area contributed by atoms with E-state index in [1.807, 2.05) is 27.7 Å². The van der Waals surface area contributed by atoms with E-state index in [0.29, 0.717) is 11.5 Å². The summed E-state index contributed by atoms with van der Waals surface area (Å²) in [7, 11) is 0. The molecule has 2 heteroatoms. The molecular weight excluding hydrogens is 184 g/mol. The Kier molecular flexibility index (Phi) is 8.07. The first-order valence-electron chi connectivity index (χ1n) is 6.77. The van der Waals surface area contributed by atoms with Crippen LogP contribution in [-0.2, 0) is 0 Å². The summed E-state index contributed by atoms with van der Waals surface area (Å²) in [6, 6.07) is 0.501. The highest BCUT2D eigenvalue weighted by atomic mass is 14.9. The zero-order chi connectivity index (χ0) is 11.7. The zero-order valence-corrected chi connectivity index (χ0v) is 11.1. The van der Waals surface area contributed by atoms with Crippen LogP contribution in [-0.4, -0.2) is 19.1 Å². The van der Waals surface area contributed by atoms with E-state index in [1.54, 1.807) is 0 Å². The normalized spacial score (nSPS) is 33.8. The molecule has 2 fully saturated rings. The van der Waals surface area contributed by atoms with E-state index in [9.17, 15) is 0 Å². The second kappa shape index (κ2) is 8.12. The van der Waals surface area contributed by atoms with Crippen LogP contribution < -0.4 is 11.1 Å². The molecule has 15 heavy (non-hydrogen) atoms. The summed E-state index contributed by atoms with van der Waals surface area (Å²) < 4.78 is 0. The molecule has 0 amide bonds. The van der Waals surface area contributed by atoms with Crippen molar-refractivity contribution in [2.24, 2.45) is 11.1 Å². The van der Waals surface area contributed by atoms with Gasteiger partial charge >= 0.3 is 0 Å². The van der Waals surface area contributed by atoms with Gasteiger partial charge in [0.15, 0.2) is 0 Å². The first-order valence-corrected chi connectivity index (χ1v) is 6.77. The molecule has 1 spiro atoms. The lowest BCUT2D eigenvalue weighted by Gasteiger charge is -2.35. The van der Waals surface area contributed by atoms with Crippen LogP contribution in [0.15, 0.2) is 0 Å². The molecule has 0 aromatic carbocycles. The smallest absolute Gasteiger partial charge is 0.00392 e. The van der Waals surface area contributed by atoms with Gasteiger partial charge in [-0.05, 0) is 44.1 Å². The lowest BCUT2D eigenvalue weighted by atomic mass is 9.72. The highest BCUT2D eigenvalue weighted by Gasteiger charge is 2.36. The third-order valence-electron chi connectivity index (χ3n) is 3.42. The average Bonchev–Trinajstić information content (AvgIpc) is 2.77. The van der Waals surface area contributed by atoms with Crippen molar-refractivity contribution >= 4 is 0 Å². The van der Waals surface area contributed by atoms with Crippen molar-refractivity contribution in [3.63, 3.8) is 0 Å². The fourth-order valence-electron chi connectivity index (χ4n) is 2.47. The second-order valence-corrected chi connectivity index (χ2v) is 4.26. The van der Waals surface area contributed by atoms with Crippen LogP contribution in [0.3, 0.4) is 0 Å². The number of hydrogen-bond acceptors (Lipinski definition) is 2. The lowest BCUT2D eigenvalue weighted by Crippen LogP contribution is -2.35. The Hall–Kier alpha value is -0.0800. The maximum atomic E-state index is 5.87. The van der Waals surface area contributed by atoms with Crippen LogP contribution in [0.2, 0.25) is 0 Å². The summed E-state index contributed by atoms with van der Waals surface area (Å²) in [6.07, 6.45) is 6.62. The molecule has 3 N–H and O–H groups in total. The molecule has 0 unspecified atom stereocenters. The molecule has 1 aliphatic heterocycles. The van der Waals surface area contributed by atoms with Gasteiger partial charge in [-0.15, -0.1) is 0 Å². The fourth-order valence-corrected chi connectivity index (χ4v) is 2.47. The van der Waals surface area contributed by atoms with Crippen molar-refractivity contribution in [1.82, 2.24) is 5.32 Å². The van der Waals surface area contributed by atoms with Crippen LogP contribution in [0.4, 0.5) is 0 Å². The highest BCUT2D eigenvalue weighted by molar-refractivity contribution is 4.92. The first-order chi connectivity index (χ1) is 7.31. The van der Waals surface area contributed by atoms with Crippen LogP contribution in [0.5, 0.6) is 0 Å². The summed E-state index contributed by atoms with van der Waals surface area (Å²) >= 11 is 0. The van der Waals surface area contributed by atoms with Gasteiger partial charge in [0.2, 0.25) is 0 Å². The monoisotopic (exact) mass is 214 g/mol. The van der Waals surface area contributed by atoms with Gasteiger partial charge in [-0.1, -0.05) is 27.7 Å². The van der Waals surface area contributed by atoms with Crippen molar-refractivity contribution in [3.8, 4) is 0 Å². The van der Waals surface area contributed by atoms with Crippen molar-refractivity contribution in [2.75, 3.05) is 13.1 Å². The van der Waals surface area contributed by atoms with E-state index in [0.717, 1.165) is 0 Å². The SMILES string of the molecule is CC.CC.NC1CCC2(CCNC2)CC1. The van der Waals surface area contributed by atoms with E-state index in [-0.39, 0.29) is 0 Å². The van der Waals surface area contributed by atoms with Gasteiger partial charge < -0.3 is 11.1 Å². The number of nitrogens with one attached hydrogen (secondary N) is 1. The fraction of sp³-hybridized carbons (Fsp3) is 1.00. The Morgan fingerprint density at radius 3 is 1.93 bits per heavy atom. The molecule has 2 rings (SSSR count). The molecule has 2 aliphatic rings.